The summed E-state index contributed by atoms with van der Waals surface area (Å²) in [5.74, 6) is 0. The first-order valence-corrected chi connectivity index (χ1v) is 5.52. The number of benzene rings is 1. The minimum absolute atomic E-state index is 0.253. The number of rotatable bonds is 3. The van der Waals surface area contributed by atoms with Gasteiger partial charge in [0.05, 0.1) is 13.2 Å². The molecule has 1 aliphatic heterocycles. The lowest BCUT2D eigenvalue weighted by molar-refractivity contribution is -0.157. The number of hydrogen-bond donors (Lipinski definition) is 1. The first-order chi connectivity index (χ1) is 8.02. The van der Waals surface area contributed by atoms with E-state index in [9.17, 15) is 13.2 Å². The van der Waals surface area contributed by atoms with Gasteiger partial charge in [0.15, 0.2) is 0 Å². The van der Waals surface area contributed by atoms with Gasteiger partial charge < -0.3 is 10.1 Å². The van der Waals surface area contributed by atoms with Crippen molar-refractivity contribution >= 4 is 0 Å². The molecule has 0 saturated heterocycles. The Kier molecular flexibility index (Phi) is 3.40. The predicted molar refractivity (Wildman–Crippen MR) is 57.4 cm³/mol. The van der Waals surface area contributed by atoms with Gasteiger partial charge in [0, 0.05) is 0 Å². The fourth-order valence-corrected chi connectivity index (χ4v) is 2.00. The van der Waals surface area contributed by atoms with Crippen LogP contribution in [0.1, 0.15) is 29.7 Å². The van der Waals surface area contributed by atoms with Gasteiger partial charge in [-0.1, -0.05) is 25.1 Å². The average molecular weight is 245 g/mol. The second-order valence-corrected chi connectivity index (χ2v) is 4.05. The highest BCUT2D eigenvalue weighted by molar-refractivity contribution is 5.35. The molecule has 1 atom stereocenters. The summed E-state index contributed by atoms with van der Waals surface area (Å²) in [6.07, 6.45) is -4.27. The van der Waals surface area contributed by atoms with Gasteiger partial charge >= 0.3 is 6.18 Å². The quantitative estimate of drug-likeness (QED) is 0.884. The van der Waals surface area contributed by atoms with Gasteiger partial charge in [-0.2, -0.15) is 13.2 Å². The normalized spacial score (nSPS) is 16.9. The molecule has 2 nitrogen and oxygen atoms in total. The molecule has 0 amide bonds. The molecule has 0 radical (unpaired) electrons. The van der Waals surface area contributed by atoms with Crippen LogP contribution < -0.4 is 5.32 Å². The summed E-state index contributed by atoms with van der Waals surface area (Å²) in [5.41, 5.74) is 2.09. The molecule has 0 fully saturated rings. The van der Waals surface area contributed by atoms with E-state index >= 15 is 0 Å². The van der Waals surface area contributed by atoms with Crippen molar-refractivity contribution in [2.45, 2.75) is 32.4 Å². The summed E-state index contributed by atoms with van der Waals surface area (Å²) in [4.78, 5) is 0. The van der Waals surface area contributed by atoms with Crippen molar-refractivity contribution in [3.8, 4) is 0 Å². The number of halogens is 3. The summed E-state index contributed by atoms with van der Waals surface area (Å²) in [6, 6.07) is 3.23. The molecule has 1 aromatic carbocycles. The fourth-order valence-electron chi connectivity index (χ4n) is 2.00. The maximum absolute atomic E-state index is 12.9. The van der Waals surface area contributed by atoms with Gasteiger partial charge in [0.1, 0.15) is 6.04 Å². The molecule has 0 spiro atoms. The van der Waals surface area contributed by atoms with Crippen molar-refractivity contribution in [2.75, 3.05) is 6.54 Å². The van der Waals surface area contributed by atoms with Crippen molar-refractivity contribution in [3.05, 3.63) is 34.9 Å². The highest BCUT2D eigenvalue weighted by Gasteiger charge is 2.40. The third-order valence-electron chi connectivity index (χ3n) is 2.81. The Morgan fingerprint density at radius 2 is 2.00 bits per heavy atom. The number of ether oxygens (including phenoxy) is 1. The third kappa shape index (κ3) is 2.61. The lowest BCUT2D eigenvalue weighted by Gasteiger charge is -2.21. The number of hydrogen-bond acceptors (Lipinski definition) is 2. The van der Waals surface area contributed by atoms with E-state index in [2.05, 4.69) is 5.32 Å². The molecule has 1 aliphatic rings. The first kappa shape index (κ1) is 12.4. The fraction of sp³-hybridized carbons (Fsp3) is 0.500. The van der Waals surface area contributed by atoms with Crippen molar-refractivity contribution in [3.63, 3.8) is 0 Å². The van der Waals surface area contributed by atoms with Crippen molar-refractivity contribution < 1.29 is 17.9 Å². The standard InChI is InChI=1S/C12H14F3NO/c1-2-16-11(12(13,14)15)8-3-4-9-6-17-7-10(9)5-8/h3-5,11,16H,2,6-7H2,1H3. The van der Waals surface area contributed by atoms with Gasteiger partial charge in [-0.3, -0.25) is 0 Å². The molecule has 1 N–H and O–H groups in total. The predicted octanol–water partition coefficient (Wildman–Crippen LogP) is 2.93. The largest absolute Gasteiger partial charge is 0.407 e. The summed E-state index contributed by atoms with van der Waals surface area (Å²) < 4.78 is 43.7. The summed E-state index contributed by atoms with van der Waals surface area (Å²) in [7, 11) is 0. The lowest BCUT2D eigenvalue weighted by Crippen LogP contribution is -2.34. The average Bonchev–Trinajstić information content (AvgIpc) is 2.71. The maximum atomic E-state index is 12.9. The maximum Gasteiger partial charge on any atom is 0.407 e. The third-order valence-corrected chi connectivity index (χ3v) is 2.81. The molecular formula is C12H14F3NO. The van der Waals surface area contributed by atoms with Gasteiger partial charge in [-0.25, -0.2) is 0 Å². The van der Waals surface area contributed by atoms with E-state index in [-0.39, 0.29) is 12.1 Å². The molecule has 0 aromatic heterocycles. The van der Waals surface area contributed by atoms with Gasteiger partial charge in [-0.05, 0) is 23.2 Å². The van der Waals surface area contributed by atoms with E-state index in [1.54, 1.807) is 19.1 Å². The minimum Gasteiger partial charge on any atom is -0.372 e. The van der Waals surface area contributed by atoms with Crippen LogP contribution in [0.25, 0.3) is 0 Å². The molecule has 1 aromatic rings. The van der Waals surface area contributed by atoms with Crippen molar-refractivity contribution in [1.82, 2.24) is 5.32 Å². The number of fused-ring (bicyclic) bond motifs is 1. The first-order valence-electron chi connectivity index (χ1n) is 5.52. The van der Waals surface area contributed by atoms with E-state index in [4.69, 9.17) is 4.74 Å². The molecule has 94 valence electrons. The Morgan fingerprint density at radius 1 is 1.29 bits per heavy atom. The number of nitrogens with one attached hydrogen (secondary N) is 1. The molecule has 0 saturated carbocycles. The van der Waals surface area contributed by atoms with Crippen LogP contribution in [0.3, 0.4) is 0 Å². The van der Waals surface area contributed by atoms with Gasteiger partial charge in [0.2, 0.25) is 0 Å². The second kappa shape index (κ2) is 4.66. The zero-order valence-electron chi connectivity index (χ0n) is 9.47. The summed E-state index contributed by atoms with van der Waals surface area (Å²) >= 11 is 0. The smallest absolute Gasteiger partial charge is 0.372 e. The van der Waals surface area contributed by atoms with Crippen LogP contribution >= 0.6 is 0 Å². The van der Waals surface area contributed by atoms with Crippen LogP contribution in [-0.4, -0.2) is 12.7 Å². The Bertz CT molecular complexity index is 403. The highest BCUT2D eigenvalue weighted by Crippen LogP contribution is 2.34. The monoisotopic (exact) mass is 245 g/mol. The van der Waals surface area contributed by atoms with Gasteiger partial charge in [-0.15, -0.1) is 0 Å². The second-order valence-electron chi connectivity index (χ2n) is 4.05. The summed E-state index contributed by atoms with van der Waals surface area (Å²) in [5, 5.41) is 2.46. The number of alkyl halides is 3. The molecular weight excluding hydrogens is 231 g/mol. The van der Waals surface area contributed by atoms with Crippen LogP contribution in [0.5, 0.6) is 0 Å². The van der Waals surface area contributed by atoms with Crippen LogP contribution in [0, 0.1) is 0 Å². The Hall–Kier alpha value is -1.07. The molecule has 17 heavy (non-hydrogen) atoms. The molecule has 2 rings (SSSR count). The highest BCUT2D eigenvalue weighted by atomic mass is 19.4. The van der Waals surface area contributed by atoms with Crippen LogP contribution in [0.2, 0.25) is 0 Å². The molecule has 1 unspecified atom stereocenters. The molecule has 5 heteroatoms. The van der Waals surface area contributed by atoms with Crippen LogP contribution in [0.15, 0.2) is 18.2 Å². The van der Waals surface area contributed by atoms with Gasteiger partial charge in [0.25, 0.3) is 0 Å². The molecule has 1 heterocycles. The van der Waals surface area contributed by atoms with Crippen molar-refractivity contribution in [1.29, 1.82) is 0 Å². The van der Waals surface area contributed by atoms with Crippen molar-refractivity contribution in [2.24, 2.45) is 0 Å². The van der Waals surface area contributed by atoms with Crippen LogP contribution in [0.4, 0.5) is 13.2 Å². The zero-order valence-corrected chi connectivity index (χ0v) is 9.47. The lowest BCUT2D eigenvalue weighted by atomic mass is 10.0. The topological polar surface area (TPSA) is 21.3 Å². The molecule has 0 aliphatic carbocycles. The Labute approximate surface area is 97.8 Å². The van der Waals surface area contributed by atoms with E-state index in [1.165, 1.54) is 6.07 Å². The Morgan fingerprint density at radius 3 is 2.65 bits per heavy atom. The van der Waals surface area contributed by atoms with E-state index < -0.39 is 12.2 Å². The zero-order chi connectivity index (χ0) is 12.5. The van der Waals surface area contributed by atoms with E-state index in [0.717, 1.165) is 11.1 Å². The Balaban J connectivity index is 2.30. The minimum atomic E-state index is -4.27. The summed E-state index contributed by atoms with van der Waals surface area (Å²) in [6.45, 7) is 2.83. The van der Waals surface area contributed by atoms with Crippen LogP contribution in [-0.2, 0) is 18.0 Å². The molecule has 0 bridgehead atoms. The van der Waals surface area contributed by atoms with E-state index in [1.807, 2.05) is 0 Å². The van der Waals surface area contributed by atoms with E-state index in [0.29, 0.717) is 13.2 Å². The SMILES string of the molecule is CCNC(c1ccc2c(c1)COC2)C(F)(F)F.